The van der Waals surface area contributed by atoms with Gasteiger partial charge < -0.3 is 14.8 Å². The minimum absolute atomic E-state index is 0.126. The molecule has 0 fully saturated rings. The maximum Gasteiger partial charge on any atom is 0.271 e. The summed E-state index contributed by atoms with van der Waals surface area (Å²) in [4.78, 5) is 42.5. The summed E-state index contributed by atoms with van der Waals surface area (Å²) in [5.74, 6) is 0.403. The van der Waals surface area contributed by atoms with E-state index < -0.39 is 11.5 Å². The van der Waals surface area contributed by atoms with E-state index in [0.29, 0.717) is 39.0 Å². The number of nitrogens with zero attached hydrogens (tertiary/aromatic N) is 2. The quantitative estimate of drug-likeness (QED) is 0.448. The van der Waals surface area contributed by atoms with E-state index in [1.165, 1.54) is 36.0 Å². The van der Waals surface area contributed by atoms with Crippen molar-refractivity contribution in [3.63, 3.8) is 0 Å². The number of rotatable bonds is 6. The first-order chi connectivity index (χ1) is 15.4. The number of hydrogen-bond acceptors (Lipinski definition) is 7. The van der Waals surface area contributed by atoms with Crippen LogP contribution < -0.4 is 20.3 Å². The predicted octanol–water partition coefficient (Wildman–Crippen LogP) is 3.90. The minimum atomic E-state index is -0.618. The first-order valence-electron chi connectivity index (χ1n) is 9.57. The molecule has 0 unspecified atom stereocenters. The van der Waals surface area contributed by atoms with Crippen LogP contribution >= 0.6 is 11.3 Å². The molecule has 9 heteroatoms. The number of carbonyl (C=O) groups excluding carboxylic acids is 2. The fourth-order valence-corrected chi connectivity index (χ4v) is 4.11. The molecule has 0 saturated heterocycles. The molecule has 0 spiro atoms. The number of aromatic nitrogens is 2. The average Bonchev–Trinajstić information content (AvgIpc) is 3.23. The van der Waals surface area contributed by atoms with Crippen LogP contribution in [0.1, 0.15) is 27.6 Å². The smallest absolute Gasteiger partial charge is 0.271 e. The highest BCUT2D eigenvalue weighted by atomic mass is 32.1. The van der Waals surface area contributed by atoms with Crippen LogP contribution in [0.3, 0.4) is 0 Å². The Morgan fingerprint density at radius 3 is 2.62 bits per heavy atom. The molecule has 0 bridgehead atoms. The molecule has 4 aromatic rings. The average molecular weight is 449 g/mol. The second kappa shape index (κ2) is 8.64. The van der Waals surface area contributed by atoms with Crippen molar-refractivity contribution in [1.82, 2.24) is 9.38 Å². The van der Waals surface area contributed by atoms with Crippen LogP contribution in [0.25, 0.3) is 16.2 Å². The van der Waals surface area contributed by atoms with Crippen LogP contribution in [-0.2, 0) is 0 Å². The lowest BCUT2D eigenvalue weighted by molar-refractivity contribution is 0.101. The molecule has 2 heterocycles. The molecule has 4 rings (SSSR count). The van der Waals surface area contributed by atoms with Gasteiger partial charge in [0.05, 0.1) is 19.9 Å². The number of Topliss-reactive ketones (excluding diaryl/α,β-unsaturated/α-hetero) is 1. The van der Waals surface area contributed by atoms with Gasteiger partial charge in [-0.3, -0.25) is 18.8 Å². The van der Waals surface area contributed by atoms with E-state index in [9.17, 15) is 14.4 Å². The summed E-state index contributed by atoms with van der Waals surface area (Å²) in [7, 11) is 3.09. The van der Waals surface area contributed by atoms with E-state index >= 15 is 0 Å². The third-order valence-electron chi connectivity index (χ3n) is 4.90. The lowest BCUT2D eigenvalue weighted by Gasteiger charge is -2.11. The van der Waals surface area contributed by atoms with E-state index in [1.54, 1.807) is 55.0 Å². The Kier molecular flexibility index (Phi) is 5.74. The van der Waals surface area contributed by atoms with Crippen LogP contribution in [0.15, 0.2) is 58.8 Å². The Hall–Kier alpha value is -3.98. The van der Waals surface area contributed by atoms with E-state index in [4.69, 9.17) is 9.47 Å². The van der Waals surface area contributed by atoms with Gasteiger partial charge >= 0.3 is 0 Å². The SMILES string of the molecule is COc1ccc(OC)c(-c2csc3ncc(C(=O)Nc4cccc(C(C)=O)c4)c(=O)n23)c1. The van der Waals surface area contributed by atoms with Gasteiger partial charge in [0.2, 0.25) is 0 Å². The first kappa shape index (κ1) is 21.3. The monoisotopic (exact) mass is 449 g/mol. The van der Waals surface area contributed by atoms with Gasteiger partial charge in [-0.15, -0.1) is 11.3 Å². The van der Waals surface area contributed by atoms with Crippen LogP contribution in [0.5, 0.6) is 11.5 Å². The Balaban J connectivity index is 1.79. The summed E-state index contributed by atoms with van der Waals surface area (Å²) >= 11 is 1.27. The molecule has 0 aliphatic rings. The number of ether oxygens (including phenoxy) is 2. The Morgan fingerprint density at radius 2 is 1.91 bits per heavy atom. The van der Waals surface area contributed by atoms with Crippen molar-refractivity contribution in [3.8, 4) is 22.8 Å². The molecule has 2 aromatic heterocycles. The molecule has 0 aliphatic carbocycles. The number of nitrogens with one attached hydrogen (secondary N) is 1. The number of anilines is 1. The number of amides is 1. The van der Waals surface area contributed by atoms with Gasteiger partial charge in [-0.1, -0.05) is 12.1 Å². The predicted molar refractivity (Wildman–Crippen MR) is 122 cm³/mol. The number of carbonyl (C=O) groups is 2. The Labute approximate surface area is 187 Å². The summed E-state index contributed by atoms with van der Waals surface area (Å²) in [6.45, 7) is 1.44. The molecule has 32 heavy (non-hydrogen) atoms. The summed E-state index contributed by atoms with van der Waals surface area (Å²) in [5, 5.41) is 4.44. The highest BCUT2D eigenvalue weighted by molar-refractivity contribution is 7.15. The minimum Gasteiger partial charge on any atom is -0.497 e. The summed E-state index contributed by atoms with van der Waals surface area (Å²) in [6, 6.07) is 11.8. The van der Waals surface area contributed by atoms with Gasteiger partial charge in [-0.05, 0) is 37.3 Å². The van der Waals surface area contributed by atoms with Gasteiger partial charge in [0, 0.05) is 28.4 Å². The first-order valence-corrected chi connectivity index (χ1v) is 10.4. The van der Waals surface area contributed by atoms with Crippen molar-refractivity contribution in [2.45, 2.75) is 6.92 Å². The number of thiazole rings is 1. The van der Waals surface area contributed by atoms with Crippen molar-refractivity contribution >= 4 is 33.7 Å². The molecule has 2 aromatic carbocycles. The van der Waals surface area contributed by atoms with Gasteiger partial charge in [0.15, 0.2) is 10.7 Å². The zero-order valence-corrected chi connectivity index (χ0v) is 18.4. The third-order valence-corrected chi connectivity index (χ3v) is 5.74. The normalized spacial score (nSPS) is 10.7. The molecule has 8 nitrogen and oxygen atoms in total. The molecular weight excluding hydrogens is 430 g/mol. The van der Waals surface area contributed by atoms with Crippen LogP contribution in [0.2, 0.25) is 0 Å². The van der Waals surface area contributed by atoms with Crippen LogP contribution in [0, 0.1) is 0 Å². The highest BCUT2D eigenvalue weighted by Crippen LogP contribution is 2.35. The van der Waals surface area contributed by atoms with Gasteiger partial charge in [-0.25, -0.2) is 4.98 Å². The fraction of sp³-hybridized carbons (Fsp3) is 0.130. The van der Waals surface area contributed by atoms with Crippen molar-refractivity contribution in [3.05, 3.63) is 75.5 Å². The van der Waals surface area contributed by atoms with Crippen molar-refractivity contribution in [1.29, 1.82) is 0 Å². The molecule has 0 aliphatic heterocycles. The second-order valence-corrected chi connectivity index (χ2v) is 7.71. The molecule has 1 N–H and O–H groups in total. The van der Waals surface area contributed by atoms with Gasteiger partial charge in [0.25, 0.3) is 11.5 Å². The molecule has 0 atom stereocenters. The van der Waals surface area contributed by atoms with E-state index in [1.807, 2.05) is 0 Å². The van der Waals surface area contributed by atoms with Crippen molar-refractivity contribution in [2.24, 2.45) is 0 Å². The lowest BCUT2D eigenvalue weighted by atomic mass is 10.1. The third kappa shape index (κ3) is 3.85. The molecule has 162 valence electrons. The van der Waals surface area contributed by atoms with Crippen LogP contribution in [-0.4, -0.2) is 35.3 Å². The lowest BCUT2D eigenvalue weighted by Crippen LogP contribution is -2.26. The highest BCUT2D eigenvalue weighted by Gasteiger charge is 2.19. The number of fused-ring (bicyclic) bond motifs is 1. The van der Waals surface area contributed by atoms with Crippen molar-refractivity contribution in [2.75, 3.05) is 19.5 Å². The second-order valence-electron chi connectivity index (χ2n) is 6.87. The maximum absolute atomic E-state index is 13.3. The van der Waals surface area contributed by atoms with Gasteiger partial charge in [0.1, 0.15) is 17.1 Å². The van der Waals surface area contributed by atoms with E-state index in [-0.39, 0.29) is 11.3 Å². The Morgan fingerprint density at radius 1 is 1.09 bits per heavy atom. The van der Waals surface area contributed by atoms with E-state index in [0.717, 1.165) is 0 Å². The molecular formula is C23H19N3O5S. The molecule has 1 amide bonds. The summed E-state index contributed by atoms with van der Waals surface area (Å²) in [5.41, 5.74) is 1.39. The number of methoxy groups -OCH3 is 2. The van der Waals surface area contributed by atoms with Crippen LogP contribution in [0.4, 0.5) is 5.69 Å². The largest absolute Gasteiger partial charge is 0.497 e. The maximum atomic E-state index is 13.3. The number of ketones is 1. The molecule has 0 saturated carbocycles. The number of benzene rings is 2. The molecule has 0 radical (unpaired) electrons. The zero-order valence-electron chi connectivity index (χ0n) is 17.5. The zero-order chi connectivity index (χ0) is 22.8. The fourth-order valence-electron chi connectivity index (χ4n) is 3.27. The Bertz CT molecular complexity index is 1410. The summed E-state index contributed by atoms with van der Waals surface area (Å²) in [6.07, 6.45) is 1.25. The number of hydrogen-bond donors (Lipinski definition) is 1. The van der Waals surface area contributed by atoms with E-state index in [2.05, 4.69) is 10.3 Å². The van der Waals surface area contributed by atoms with Crippen molar-refractivity contribution < 1.29 is 19.1 Å². The summed E-state index contributed by atoms with van der Waals surface area (Å²) < 4.78 is 12.1. The topological polar surface area (TPSA) is 99.0 Å². The standard InChI is InChI=1S/C23H19N3O5S/c1-13(27)14-5-4-6-15(9-14)25-21(28)18-11-24-23-26(22(18)29)19(12-32-23)17-10-16(30-2)7-8-20(17)31-3/h4-12H,1-3H3,(H,25,28). The van der Waals surface area contributed by atoms with Gasteiger partial charge in [-0.2, -0.15) is 0 Å².